The summed E-state index contributed by atoms with van der Waals surface area (Å²) in [4.78, 5) is 19.7. The van der Waals surface area contributed by atoms with Crippen LogP contribution in [0.2, 0.25) is 0 Å². The first-order valence-electron chi connectivity index (χ1n) is 13.4. The van der Waals surface area contributed by atoms with Crippen LogP contribution in [0.25, 0.3) is 11.0 Å². The van der Waals surface area contributed by atoms with E-state index >= 15 is 0 Å². The fourth-order valence-corrected chi connectivity index (χ4v) is 3.41. The Hall–Kier alpha value is -1.79. The van der Waals surface area contributed by atoms with E-state index in [-0.39, 0.29) is 32.7 Å². The van der Waals surface area contributed by atoms with E-state index < -0.39 is 0 Å². The topological polar surface area (TPSA) is 81.8 Å². The van der Waals surface area contributed by atoms with E-state index in [2.05, 4.69) is 107 Å². The minimum absolute atomic E-state index is 0. The van der Waals surface area contributed by atoms with Gasteiger partial charge in [0.2, 0.25) is 0 Å². The van der Waals surface area contributed by atoms with E-state index in [0.29, 0.717) is 17.8 Å². The summed E-state index contributed by atoms with van der Waals surface area (Å²) in [5, 5.41) is 2.97. The van der Waals surface area contributed by atoms with E-state index in [9.17, 15) is 0 Å². The number of fused-ring (bicyclic) bond motifs is 1. The largest absolute Gasteiger partial charge is 0.583 e. The SMILES string of the molecule is C[C-]=C(C)N=[C-]NCC(C)C.Cc1c(C)c(C)c2[nH]c(C(C)C)nc2c1C.Cc1nc(C(C)C)[nH]c1C.[Y]. The van der Waals surface area contributed by atoms with Gasteiger partial charge in [-0.2, -0.15) is 0 Å². The number of aromatic nitrogens is 4. The van der Waals surface area contributed by atoms with Crippen LogP contribution in [0.15, 0.2) is 10.7 Å². The van der Waals surface area contributed by atoms with Gasteiger partial charge in [0.1, 0.15) is 11.6 Å². The fourth-order valence-electron chi connectivity index (χ4n) is 3.41. The molecule has 2 heterocycles. The van der Waals surface area contributed by atoms with Crippen molar-refractivity contribution >= 4 is 17.4 Å². The Morgan fingerprint density at radius 3 is 1.76 bits per heavy atom. The van der Waals surface area contributed by atoms with Crippen molar-refractivity contribution in [3.63, 3.8) is 0 Å². The number of rotatable bonds is 6. The van der Waals surface area contributed by atoms with Gasteiger partial charge >= 0.3 is 0 Å². The smallest absolute Gasteiger partial charge is 0.109 e. The van der Waals surface area contributed by atoms with Crippen molar-refractivity contribution in [1.29, 1.82) is 0 Å². The quantitative estimate of drug-likeness (QED) is 0.117. The number of benzene rings is 1. The zero-order valence-corrected chi connectivity index (χ0v) is 29.2. The number of aryl methyl sites for hydroxylation is 4. The molecule has 0 spiro atoms. The minimum Gasteiger partial charge on any atom is -0.583 e. The number of imidazole rings is 2. The van der Waals surface area contributed by atoms with Crippen LogP contribution in [-0.4, -0.2) is 32.8 Å². The third-order valence-electron chi connectivity index (χ3n) is 6.55. The van der Waals surface area contributed by atoms with Crippen LogP contribution in [0.3, 0.4) is 0 Å². The summed E-state index contributed by atoms with van der Waals surface area (Å²) >= 11 is 0. The normalized spacial score (nSPS) is 11.6. The maximum absolute atomic E-state index is 4.72. The molecule has 0 bridgehead atoms. The first kappa shape index (κ1) is 36.2. The molecular weight excluding hydrogens is 545 g/mol. The van der Waals surface area contributed by atoms with Crippen molar-refractivity contribution in [2.24, 2.45) is 10.9 Å². The molecule has 3 rings (SSSR count). The van der Waals surface area contributed by atoms with Crippen LogP contribution in [-0.2, 0) is 32.7 Å². The molecule has 3 aromatic rings. The maximum atomic E-state index is 4.72. The summed E-state index contributed by atoms with van der Waals surface area (Å²) in [6, 6.07) is 0. The molecule has 1 radical (unpaired) electrons. The van der Waals surface area contributed by atoms with Gasteiger partial charge in [-0.3, -0.25) is 0 Å². The average molecular weight is 596 g/mol. The molecular formula is C31H50N6Y-2. The van der Waals surface area contributed by atoms with Gasteiger partial charge < -0.3 is 32.1 Å². The molecule has 6 nitrogen and oxygen atoms in total. The Labute approximate surface area is 257 Å². The number of nitrogens with zero attached hydrogens (tertiary/aromatic N) is 3. The average Bonchev–Trinajstić information content (AvgIpc) is 3.44. The van der Waals surface area contributed by atoms with Crippen molar-refractivity contribution in [2.45, 2.75) is 109 Å². The molecule has 7 heteroatoms. The predicted octanol–water partition coefficient (Wildman–Crippen LogP) is 7.93. The van der Waals surface area contributed by atoms with Crippen LogP contribution in [0.1, 0.15) is 113 Å². The number of allylic oxidation sites excluding steroid dienone is 2. The summed E-state index contributed by atoms with van der Waals surface area (Å²) in [6.45, 7) is 30.3. The van der Waals surface area contributed by atoms with Crippen LogP contribution >= 0.6 is 0 Å². The van der Waals surface area contributed by atoms with E-state index in [4.69, 9.17) is 4.98 Å². The number of aromatic amines is 2. The van der Waals surface area contributed by atoms with Crippen molar-refractivity contribution in [3.8, 4) is 0 Å². The molecule has 0 atom stereocenters. The summed E-state index contributed by atoms with van der Waals surface area (Å²) in [5.74, 6) is 3.77. The van der Waals surface area contributed by atoms with Gasteiger partial charge in [-0.1, -0.05) is 47.9 Å². The summed E-state index contributed by atoms with van der Waals surface area (Å²) in [5.41, 5.74) is 10.9. The Morgan fingerprint density at radius 2 is 1.34 bits per heavy atom. The Balaban J connectivity index is 0.000000555. The Morgan fingerprint density at radius 1 is 0.816 bits per heavy atom. The molecule has 0 aliphatic carbocycles. The van der Waals surface area contributed by atoms with Crippen LogP contribution in [0.4, 0.5) is 0 Å². The number of aliphatic imine (C=N–C) groups is 1. The molecule has 0 saturated heterocycles. The van der Waals surface area contributed by atoms with E-state index in [1.54, 1.807) is 0 Å². The molecule has 0 fully saturated rings. The molecule has 0 aliphatic heterocycles. The van der Waals surface area contributed by atoms with Crippen molar-refractivity contribution in [2.75, 3.05) is 6.54 Å². The van der Waals surface area contributed by atoms with Gasteiger partial charge in [-0.25, -0.2) is 16.9 Å². The third kappa shape index (κ3) is 10.8. The van der Waals surface area contributed by atoms with Crippen molar-refractivity contribution < 1.29 is 32.7 Å². The van der Waals surface area contributed by atoms with Gasteiger partial charge in [0.25, 0.3) is 0 Å². The van der Waals surface area contributed by atoms with Crippen molar-refractivity contribution in [3.05, 3.63) is 57.1 Å². The Kier molecular flexibility index (Phi) is 16.2. The molecule has 0 unspecified atom stereocenters. The van der Waals surface area contributed by atoms with Crippen molar-refractivity contribution in [1.82, 2.24) is 25.3 Å². The second kappa shape index (κ2) is 17.0. The molecule has 3 N–H and O–H groups in total. The van der Waals surface area contributed by atoms with Gasteiger partial charge in [0.05, 0.1) is 16.7 Å². The van der Waals surface area contributed by atoms with Gasteiger partial charge in [-0.15, -0.1) is 6.92 Å². The first-order valence-corrected chi connectivity index (χ1v) is 13.4. The zero-order chi connectivity index (χ0) is 28.4. The standard InChI is InChI=1S/C14H20N2.C9H16N2.C8H14N2.Y/c1-7(2)14-15-12-10(5)8(3)9(4)11(6)13(12)16-14;1-5-9(4)11-7-10-6-8(2)3;1-5(2)8-9-6(3)7(4)10-8;/h7H,1-6H3,(H,15,16);8H,6H2,1-4H3,(H,10,11);5H,1-4H3,(H,9,10);/q;-2;;. The summed E-state index contributed by atoms with van der Waals surface area (Å²) in [6.07, 6.45) is 5.64. The molecule has 209 valence electrons. The second-order valence-electron chi connectivity index (χ2n) is 10.8. The second-order valence-corrected chi connectivity index (χ2v) is 10.8. The number of H-pyrrole nitrogens is 2. The third-order valence-corrected chi connectivity index (χ3v) is 6.55. The van der Waals surface area contributed by atoms with Crippen LogP contribution < -0.4 is 5.32 Å². The Bertz CT molecular complexity index is 1130. The van der Waals surface area contributed by atoms with Crippen LogP contribution in [0, 0.1) is 53.5 Å². The summed E-state index contributed by atoms with van der Waals surface area (Å²) in [7, 11) is 0. The van der Waals surface area contributed by atoms with E-state index in [1.165, 1.54) is 33.5 Å². The molecule has 38 heavy (non-hydrogen) atoms. The van der Waals surface area contributed by atoms with Gasteiger partial charge in [0.15, 0.2) is 0 Å². The summed E-state index contributed by atoms with van der Waals surface area (Å²) < 4.78 is 0. The predicted molar refractivity (Wildman–Crippen MR) is 160 cm³/mol. The number of hydrogen-bond acceptors (Lipinski definition) is 3. The number of hydrogen-bond donors (Lipinski definition) is 3. The zero-order valence-electron chi connectivity index (χ0n) is 26.4. The molecule has 0 amide bonds. The number of nitrogens with one attached hydrogen (secondary N) is 3. The minimum atomic E-state index is 0. The maximum Gasteiger partial charge on any atom is 0.109 e. The molecule has 0 aliphatic rings. The fraction of sp³-hybridized carbons (Fsp3) is 0.581. The molecule has 1 aromatic carbocycles. The van der Waals surface area contributed by atoms with E-state index in [0.717, 1.165) is 35.1 Å². The molecule has 2 aromatic heterocycles. The van der Waals surface area contributed by atoms with Gasteiger partial charge in [-0.05, 0) is 69.7 Å². The first-order chi connectivity index (χ1) is 17.2. The van der Waals surface area contributed by atoms with Gasteiger partial charge in [0, 0.05) is 56.8 Å². The van der Waals surface area contributed by atoms with Crippen LogP contribution in [0.5, 0.6) is 0 Å². The monoisotopic (exact) mass is 595 g/mol. The molecule has 0 saturated carbocycles. The van der Waals surface area contributed by atoms with E-state index in [1.807, 2.05) is 27.7 Å².